The van der Waals surface area contributed by atoms with Gasteiger partial charge in [-0.25, -0.2) is 4.98 Å². The lowest BCUT2D eigenvalue weighted by molar-refractivity contribution is -0.117. The molecule has 3 heterocycles. The smallest absolute Gasteiger partial charge is 0.296 e. The quantitative estimate of drug-likeness (QED) is 0.234. The maximum atomic E-state index is 13.7. The van der Waals surface area contributed by atoms with Gasteiger partial charge in [-0.05, 0) is 75.7 Å². The Bertz CT molecular complexity index is 1590. The molecular weight excluding hydrogens is 520 g/mol. The van der Waals surface area contributed by atoms with Crippen LogP contribution in [-0.4, -0.2) is 41.6 Å². The molecule has 39 heavy (non-hydrogen) atoms. The summed E-state index contributed by atoms with van der Waals surface area (Å²) in [5.41, 5.74) is 1.10. The second kappa shape index (κ2) is 10.8. The molecule has 0 spiro atoms. The topological polar surface area (TPSA) is 111 Å². The molecule has 0 radical (unpaired) electrons. The van der Waals surface area contributed by atoms with Gasteiger partial charge in [0.1, 0.15) is 11.5 Å². The summed E-state index contributed by atoms with van der Waals surface area (Å²) in [6, 6.07) is 12.9. The number of aliphatic hydroxyl groups excluding tert-OH is 1. The molecule has 202 valence electrons. The van der Waals surface area contributed by atoms with E-state index in [1.165, 1.54) is 22.3 Å². The lowest BCUT2D eigenvalue weighted by Crippen LogP contribution is -2.31. The van der Waals surface area contributed by atoms with E-state index in [0.29, 0.717) is 59.0 Å². The van der Waals surface area contributed by atoms with Gasteiger partial charge in [-0.1, -0.05) is 17.4 Å². The van der Waals surface area contributed by atoms with Gasteiger partial charge in [0, 0.05) is 0 Å². The molecule has 5 rings (SSSR count). The monoisotopic (exact) mass is 548 g/mol. The number of carbonyl (C=O) groups excluding carboxylic acids is 2. The minimum Gasteiger partial charge on any atom is -0.503 e. The lowest BCUT2D eigenvalue weighted by Gasteiger charge is -2.25. The number of furan rings is 1. The van der Waals surface area contributed by atoms with Crippen molar-refractivity contribution >= 4 is 38.4 Å². The number of hydrogen-bond donors (Lipinski definition) is 1. The first-order valence-electron chi connectivity index (χ1n) is 12.7. The van der Waals surface area contributed by atoms with Crippen LogP contribution in [0, 0.1) is 6.92 Å². The zero-order valence-corrected chi connectivity index (χ0v) is 22.8. The fourth-order valence-electron chi connectivity index (χ4n) is 4.53. The maximum absolute atomic E-state index is 13.7. The molecule has 1 amide bonds. The van der Waals surface area contributed by atoms with Gasteiger partial charge in [0.2, 0.25) is 5.78 Å². The Morgan fingerprint density at radius 3 is 2.44 bits per heavy atom. The summed E-state index contributed by atoms with van der Waals surface area (Å²) in [5, 5.41) is 11.4. The van der Waals surface area contributed by atoms with Crippen molar-refractivity contribution in [1.82, 2.24) is 4.98 Å². The van der Waals surface area contributed by atoms with Crippen molar-refractivity contribution in [3.63, 3.8) is 0 Å². The Kier molecular flexibility index (Phi) is 7.30. The zero-order chi connectivity index (χ0) is 27.7. The summed E-state index contributed by atoms with van der Waals surface area (Å²) in [6.45, 7) is 8.67. The molecule has 2 aromatic heterocycles. The Labute approximate surface area is 229 Å². The Hall–Kier alpha value is -4.31. The van der Waals surface area contributed by atoms with Crippen LogP contribution in [0.4, 0.5) is 5.13 Å². The number of aliphatic hydroxyl groups is 1. The van der Waals surface area contributed by atoms with Gasteiger partial charge in [0.25, 0.3) is 5.91 Å². The van der Waals surface area contributed by atoms with E-state index in [1.807, 2.05) is 39.0 Å². The summed E-state index contributed by atoms with van der Waals surface area (Å²) in [5.74, 6) is 0.257. The fourth-order valence-corrected chi connectivity index (χ4v) is 5.55. The normalized spacial score (nSPS) is 15.3. The van der Waals surface area contributed by atoms with E-state index in [4.69, 9.17) is 18.6 Å². The molecule has 1 aliphatic heterocycles. The standard InChI is InChI=1S/C29H28N2O7S/c1-5-35-18-10-11-19-23(15-18)39-29(30-19)31-25(17-9-13-20(36-6-2)22(14-17)37-7-3)24(27(33)28(31)34)26(32)21-12-8-16(4)38-21/h8-15,25,33H,5-7H2,1-4H3. The Morgan fingerprint density at radius 2 is 1.74 bits per heavy atom. The second-order valence-corrected chi connectivity index (χ2v) is 9.72. The number of rotatable bonds is 10. The number of nitrogens with zero attached hydrogens (tertiary/aromatic N) is 2. The van der Waals surface area contributed by atoms with Crippen LogP contribution in [0.15, 0.2) is 64.3 Å². The molecule has 1 aliphatic rings. The van der Waals surface area contributed by atoms with Crippen molar-refractivity contribution in [3.8, 4) is 17.2 Å². The molecule has 1 unspecified atom stereocenters. The summed E-state index contributed by atoms with van der Waals surface area (Å²) in [6.07, 6.45) is 0. The van der Waals surface area contributed by atoms with E-state index in [1.54, 1.807) is 31.2 Å². The van der Waals surface area contributed by atoms with Crippen LogP contribution in [0.25, 0.3) is 10.2 Å². The number of anilines is 1. The second-order valence-electron chi connectivity index (χ2n) is 8.71. The van der Waals surface area contributed by atoms with E-state index < -0.39 is 23.5 Å². The van der Waals surface area contributed by atoms with Gasteiger partial charge in [0.15, 0.2) is 28.1 Å². The summed E-state index contributed by atoms with van der Waals surface area (Å²) >= 11 is 1.26. The number of benzene rings is 2. The average molecular weight is 549 g/mol. The van der Waals surface area contributed by atoms with Crippen LogP contribution >= 0.6 is 11.3 Å². The third-order valence-electron chi connectivity index (χ3n) is 6.17. The van der Waals surface area contributed by atoms with Crippen molar-refractivity contribution in [3.05, 3.63) is 76.9 Å². The predicted molar refractivity (Wildman–Crippen MR) is 147 cm³/mol. The number of carbonyl (C=O) groups is 2. The average Bonchev–Trinajstić information content (AvgIpc) is 3.61. The molecule has 0 saturated carbocycles. The molecular formula is C29H28N2O7S. The first-order chi connectivity index (χ1) is 18.9. The van der Waals surface area contributed by atoms with Crippen LogP contribution in [0.5, 0.6) is 17.2 Å². The summed E-state index contributed by atoms with van der Waals surface area (Å²) in [4.78, 5) is 33.3. The molecule has 4 aromatic rings. The van der Waals surface area contributed by atoms with Gasteiger partial charge in [0.05, 0.1) is 41.7 Å². The first-order valence-corrected chi connectivity index (χ1v) is 13.5. The third-order valence-corrected chi connectivity index (χ3v) is 7.18. The first kappa shape index (κ1) is 26.3. The number of fused-ring (bicyclic) bond motifs is 1. The molecule has 1 N–H and O–H groups in total. The molecule has 10 heteroatoms. The largest absolute Gasteiger partial charge is 0.503 e. The number of amides is 1. The molecule has 0 saturated heterocycles. The number of thiazole rings is 1. The zero-order valence-electron chi connectivity index (χ0n) is 22.0. The molecule has 0 fully saturated rings. The number of hydrogen-bond acceptors (Lipinski definition) is 9. The van der Waals surface area contributed by atoms with Gasteiger partial charge in [-0.15, -0.1) is 0 Å². The van der Waals surface area contributed by atoms with Crippen LogP contribution in [0.1, 0.15) is 48.7 Å². The minimum atomic E-state index is -0.989. The highest BCUT2D eigenvalue weighted by atomic mass is 32.1. The van der Waals surface area contributed by atoms with E-state index in [-0.39, 0.29) is 11.3 Å². The van der Waals surface area contributed by atoms with Crippen molar-refractivity contribution in [2.24, 2.45) is 0 Å². The number of ether oxygens (including phenoxy) is 3. The molecule has 9 nitrogen and oxygen atoms in total. The van der Waals surface area contributed by atoms with E-state index in [2.05, 4.69) is 4.98 Å². The van der Waals surface area contributed by atoms with Crippen molar-refractivity contribution in [1.29, 1.82) is 0 Å². The van der Waals surface area contributed by atoms with Crippen LogP contribution < -0.4 is 19.1 Å². The Morgan fingerprint density at radius 1 is 1.00 bits per heavy atom. The van der Waals surface area contributed by atoms with Crippen LogP contribution in [0.3, 0.4) is 0 Å². The highest BCUT2D eigenvalue weighted by molar-refractivity contribution is 7.22. The molecule has 2 aromatic carbocycles. The van der Waals surface area contributed by atoms with E-state index in [0.717, 1.165) is 4.70 Å². The Balaban J connectivity index is 1.66. The SMILES string of the molecule is CCOc1ccc2nc(N3C(=O)C(O)=C(C(=O)c4ccc(C)o4)C3c3ccc(OCC)c(OCC)c3)sc2c1. The number of ketones is 1. The minimum absolute atomic E-state index is 0.0234. The van der Waals surface area contributed by atoms with Crippen LogP contribution in [0.2, 0.25) is 0 Å². The number of Topliss-reactive ketones (excluding diaryl/α,β-unsaturated/α-hetero) is 1. The highest BCUT2D eigenvalue weighted by Crippen LogP contribution is 2.46. The third kappa shape index (κ3) is 4.83. The lowest BCUT2D eigenvalue weighted by atomic mass is 9.95. The molecule has 0 aliphatic carbocycles. The fraction of sp³-hybridized carbons (Fsp3) is 0.276. The van der Waals surface area contributed by atoms with E-state index >= 15 is 0 Å². The van der Waals surface area contributed by atoms with Gasteiger partial charge in [-0.3, -0.25) is 14.5 Å². The summed E-state index contributed by atoms with van der Waals surface area (Å²) in [7, 11) is 0. The van der Waals surface area contributed by atoms with E-state index in [9.17, 15) is 14.7 Å². The van der Waals surface area contributed by atoms with Gasteiger partial charge in [-0.2, -0.15) is 0 Å². The maximum Gasteiger partial charge on any atom is 0.296 e. The molecule has 1 atom stereocenters. The highest BCUT2D eigenvalue weighted by Gasteiger charge is 2.46. The number of aryl methyl sites for hydroxylation is 1. The number of aromatic nitrogens is 1. The van der Waals surface area contributed by atoms with Crippen molar-refractivity contribution < 1.29 is 33.3 Å². The summed E-state index contributed by atoms with van der Waals surface area (Å²) < 4.78 is 23.5. The van der Waals surface area contributed by atoms with Crippen LogP contribution in [-0.2, 0) is 4.79 Å². The van der Waals surface area contributed by atoms with Crippen molar-refractivity contribution in [2.45, 2.75) is 33.7 Å². The molecule has 0 bridgehead atoms. The predicted octanol–water partition coefficient (Wildman–Crippen LogP) is 6.18. The van der Waals surface area contributed by atoms with Crippen molar-refractivity contribution in [2.75, 3.05) is 24.7 Å². The van der Waals surface area contributed by atoms with Gasteiger partial charge >= 0.3 is 0 Å². The van der Waals surface area contributed by atoms with Gasteiger partial charge < -0.3 is 23.7 Å².